The molecule has 0 aliphatic rings. The minimum atomic E-state index is -1.16. The van der Waals surface area contributed by atoms with E-state index in [2.05, 4.69) is 19.2 Å². The minimum absolute atomic E-state index is 0.0814. The smallest absolute Gasteiger partial charge is 0.338 e. The van der Waals surface area contributed by atoms with Gasteiger partial charge >= 0.3 is 5.97 Å². The molecule has 0 aromatic carbocycles. The highest BCUT2D eigenvalue weighted by molar-refractivity contribution is 5.95. The van der Waals surface area contributed by atoms with Crippen molar-refractivity contribution in [3.05, 3.63) is 23.7 Å². The van der Waals surface area contributed by atoms with E-state index in [0.717, 1.165) is 18.8 Å². The molecule has 0 aliphatic carbocycles. The standard InChI is InChI=1S/C14H21NO5/c1-9(2)4-5-14(3,19)8-15-12(16)11-6-10(7-20-11)13(17)18/h6-7,9,19H,4-5,8H2,1-3H3,(H,15,16)(H,17,18). The van der Waals surface area contributed by atoms with Crippen molar-refractivity contribution in [2.24, 2.45) is 5.92 Å². The molecule has 3 N–H and O–H groups in total. The maximum absolute atomic E-state index is 11.8. The molecule has 6 nitrogen and oxygen atoms in total. The summed E-state index contributed by atoms with van der Waals surface area (Å²) in [5, 5.41) is 21.4. The number of carboxylic acids is 1. The average Bonchev–Trinajstić information content (AvgIpc) is 2.83. The van der Waals surface area contributed by atoms with Gasteiger partial charge in [-0.3, -0.25) is 4.79 Å². The van der Waals surface area contributed by atoms with Crippen LogP contribution in [0.15, 0.2) is 16.7 Å². The Morgan fingerprint density at radius 2 is 2.10 bits per heavy atom. The molecule has 0 saturated heterocycles. The second-order valence-corrected chi connectivity index (χ2v) is 5.62. The van der Waals surface area contributed by atoms with Crippen molar-refractivity contribution in [1.29, 1.82) is 0 Å². The maximum atomic E-state index is 11.8. The Labute approximate surface area is 117 Å². The Bertz CT molecular complexity index is 476. The number of furan rings is 1. The van der Waals surface area contributed by atoms with E-state index < -0.39 is 17.5 Å². The summed E-state index contributed by atoms with van der Waals surface area (Å²) in [5.74, 6) is -1.30. The van der Waals surface area contributed by atoms with Gasteiger partial charge < -0.3 is 19.9 Å². The van der Waals surface area contributed by atoms with Gasteiger partial charge in [-0.2, -0.15) is 0 Å². The molecular formula is C14H21NO5. The molecule has 0 aliphatic heterocycles. The minimum Gasteiger partial charge on any atom is -0.478 e. The van der Waals surface area contributed by atoms with E-state index in [1.54, 1.807) is 6.92 Å². The number of aromatic carboxylic acids is 1. The Balaban J connectivity index is 2.51. The fourth-order valence-electron chi connectivity index (χ4n) is 1.61. The lowest BCUT2D eigenvalue weighted by atomic mass is 9.95. The molecule has 0 radical (unpaired) electrons. The topological polar surface area (TPSA) is 99.8 Å². The number of carbonyl (C=O) groups is 2. The molecule has 0 saturated carbocycles. The second-order valence-electron chi connectivity index (χ2n) is 5.62. The number of rotatable bonds is 7. The van der Waals surface area contributed by atoms with Gasteiger partial charge in [-0.15, -0.1) is 0 Å². The van der Waals surface area contributed by atoms with Crippen LogP contribution in [0.5, 0.6) is 0 Å². The molecule has 112 valence electrons. The summed E-state index contributed by atoms with van der Waals surface area (Å²) in [6.45, 7) is 5.86. The van der Waals surface area contributed by atoms with Crippen LogP contribution in [0.2, 0.25) is 0 Å². The first-order chi connectivity index (χ1) is 9.21. The summed E-state index contributed by atoms with van der Waals surface area (Å²) < 4.78 is 4.88. The average molecular weight is 283 g/mol. The third-order valence-electron chi connectivity index (χ3n) is 2.96. The molecular weight excluding hydrogens is 262 g/mol. The van der Waals surface area contributed by atoms with E-state index >= 15 is 0 Å². The first-order valence-electron chi connectivity index (χ1n) is 6.53. The lowest BCUT2D eigenvalue weighted by Crippen LogP contribution is -2.40. The summed E-state index contributed by atoms with van der Waals surface area (Å²) in [7, 11) is 0. The predicted molar refractivity (Wildman–Crippen MR) is 72.7 cm³/mol. The lowest BCUT2D eigenvalue weighted by molar-refractivity contribution is 0.0424. The van der Waals surface area contributed by atoms with Gasteiger partial charge in [-0.05, 0) is 25.7 Å². The van der Waals surface area contributed by atoms with Gasteiger partial charge in [-0.25, -0.2) is 4.79 Å². The normalized spacial score (nSPS) is 14.1. The van der Waals surface area contributed by atoms with E-state index in [4.69, 9.17) is 9.52 Å². The van der Waals surface area contributed by atoms with E-state index in [1.165, 1.54) is 0 Å². The second kappa shape index (κ2) is 6.56. The van der Waals surface area contributed by atoms with Crippen molar-refractivity contribution >= 4 is 11.9 Å². The highest BCUT2D eigenvalue weighted by Crippen LogP contribution is 2.16. The zero-order valence-corrected chi connectivity index (χ0v) is 12.0. The number of carbonyl (C=O) groups excluding carboxylic acids is 1. The quantitative estimate of drug-likeness (QED) is 0.709. The van der Waals surface area contributed by atoms with Crippen LogP contribution in [0.3, 0.4) is 0 Å². The van der Waals surface area contributed by atoms with Gasteiger partial charge in [-0.1, -0.05) is 13.8 Å². The maximum Gasteiger partial charge on any atom is 0.338 e. The number of amides is 1. The predicted octanol–water partition coefficient (Wildman–Crippen LogP) is 1.89. The molecule has 1 atom stereocenters. The summed E-state index contributed by atoms with van der Waals surface area (Å²) >= 11 is 0. The number of carboxylic acid groups (broad SMARTS) is 1. The van der Waals surface area contributed by atoms with Gasteiger partial charge in [0.25, 0.3) is 5.91 Å². The van der Waals surface area contributed by atoms with E-state index in [-0.39, 0.29) is 17.9 Å². The zero-order chi connectivity index (χ0) is 15.3. The fraction of sp³-hybridized carbons (Fsp3) is 0.571. The van der Waals surface area contributed by atoms with Crippen LogP contribution >= 0.6 is 0 Å². The number of hydrogen-bond acceptors (Lipinski definition) is 4. The molecule has 1 amide bonds. The summed E-state index contributed by atoms with van der Waals surface area (Å²) in [4.78, 5) is 22.4. The number of aliphatic hydroxyl groups is 1. The molecule has 1 heterocycles. The first-order valence-corrected chi connectivity index (χ1v) is 6.53. The fourth-order valence-corrected chi connectivity index (χ4v) is 1.61. The molecule has 1 aromatic rings. The van der Waals surface area contributed by atoms with Crippen molar-refractivity contribution in [2.45, 2.75) is 39.2 Å². The van der Waals surface area contributed by atoms with Crippen molar-refractivity contribution in [2.75, 3.05) is 6.54 Å². The first kappa shape index (κ1) is 16.2. The molecule has 6 heteroatoms. The highest BCUT2D eigenvalue weighted by atomic mass is 16.4. The SMILES string of the molecule is CC(C)CCC(C)(O)CNC(=O)c1cc(C(=O)O)co1. The van der Waals surface area contributed by atoms with Gasteiger partial charge in [0.1, 0.15) is 6.26 Å². The van der Waals surface area contributed by atoms with E-state index in [1.807, 2.05) is 0 Å². The van der Waals surface area contributed by atoms with Crippen molar-refractivity contribution in [3.63, 3.8) is 0 Å². The molecule has 0 fully saturated rings. The molecule has 0 bridgehead atoms. The van der Waals surface area contributed by atoms with E-state index in [0.29, 0.717) is 12.3 Å². The number of nitrogens with one attached hydrogen (secondary N) is 1. The molecule has 1 unspecified atom stereocenters. The molecule has 20 heavy (non-hydrogen) atoms. The lowest BCUT2D eigenvalue weighted by Gasteiger charge is -2.24. The summed E-state index contributed by atoms with van der Waals surface area (Å²) in [5.41, 5.74) is -1.08. The summed E-state index contributed by atoms with van der Waals surface area (Å²) in [6.07, 6.45) is 2.43. The van der Waals surface area contributed by atoms with Gasteiger partial charge in [0.2, 0.25) is 0 Å². The largest absolute Gasteiger partial charge is 0.478 e. The van der Waals surface area contributed by atoms with Crippen LogP contribution in [-0.2, 0) is 0 Å². The van der Waals surface area contributed by atoms with Crippen LogP contribution in [0.25, 0.3) is 0 Å². The van der Waals surface area contributed by atoms with E-state index in [9.17, 15) is 14.7 Å². The van der Waals surface area contributed by atoms with Crippen LogP contribution in [0.1, 0.15) is 54.5 Å². The molecule has 1 rings (SSSR count). The van der Waals surface area contributed by atoms with Crippen molar-refractivity contribution in [3.8, 4) is 0 Å². The van der Waals surface area contributed by atoms with Crippen LogP contribution < -0.4 is 5.32 Å². The van der Waals surface area contributed by atoms with Crippen LogP contribution in [0, 0.1) is 5.92 Å². The third kappa shape index (κ3) is 5.05. The Morgan fingerprint density at radius 1 is 1.45 bits per heavy atom. The molecule has 0 spiro atoms. The van der Waals surface area contributed by atoms with Gasteiger partial charge in [0, 0.05) is 12.6 Å². The van der Waals surface area contributed by atoms with Crippen LogP contribution in [-0.4, -0.2) is 34.2 Å². The van der Waals surface area contributed by atoms with Crippen molar-refractivity contribution < 1.29 is 24.2 Å². The highest BCUT2D eigenvalue weighted by Gasteiger charge is 2.23. The van der Waals surface area contributed by atoms with Gasteiger partial charge in [0.05, 0.1) is 11.2 Å². The Morgan fingerprint density at radius 3 is 2.60 bits per heavy atom. The molecule has 1 aromatic heterocycles. The Hall–Kier alpha value is -1.82. The monoisotopic (exact) mass is 283 g/mol. The number of hydrogen-bond donors (Lipinski definition) is 3. The van der Waals surface area contributed by atoms with Crippen molar-refractivity contribution in [1.82, 2.24) is 5.32 Å². The Kier molecular flexibility index (Phi) is 5.33. The summed E-state index contributed by atoms with van der Waals surface area (Å²) in [6, 6.07) is 1.15. The third-order valence-corrected chi connectivity index (χ3v) is 2.96. The zero-order valence-electron chi connectivity index (χ0n) is 12.0. The van der Waals surface area contributed by atoms with Gasteiger partial charge in [0.15, 0.2) is 5.76 Å². The van der Waals surface area contributed by atoms with Crippen LogP contribution in [0.4, 0.5) is 0 Å².